The van der Waals surface area contributed by atoms with Crippen molar-refractivity contribution in [1.82, 2.24) is 14.3 Å². The van der Waals surface area contributed by atoms with Crippen molar-refractivity contribution in [1.29, 1.82) is 0 Å². The van der Waals surface area contributed by atoms with Gasteiger partial charge in [0.25, 0.3) is 0 Å². The Hall–Kier alpha value is -1.70. The van der Waals surface area contributed by atoms with E-state index in [1.54, 1.807) is 30.6 Å². The molecule has 1 fully saturated rings. The molecule has 0 saturated carbocycles. The zero-order valence-corrected chi connectivity index (χ0v) is 15.5. The lowest BCUT2D eigenvalue weighted by atomic mass is 10.1. The first kappa shape index (κ1) is 18.1. The fraction of sp³-hybridized carbons (Fsp3) is 0.412. The fourth-order valence-electron chi connectivity index (χ4n) is 2.73. The van der Waals surface area contributed by atoms with Crippen LogP contribution in [0.3, 0.4) is 0 Å². The lowest BCUT2D eigenvalue weighted by Crippen LogP contribution is -2.44. The molecule has 1 aliphatic rings. The number of ether oxygens (including phenoxy) is 1. The van der Waals surface area contributed by atoms with Gasteiger partial charge in [-0.15, -0.1) is 0 Å². The number of halogens is 1. The number of piperidine rings is 1. The molecule has 1 atom stereocenters. The second-order valence-corrected chi connectivity index (χ2v) is 8.30. The van der Waals surface area contributed by atoms with E-state index in [1.165, 1.54) is 10.4 Å². The molecular weight excluding hydrogens is 362 g/mol. The van der Waals surface area contributed by atoms with Crippen molar-refractivity contribution in [3.8, 4) is 6.01 Å². The molecule has 1 unspecified atom stereocenters. The van der Waals surface area contributed by atoms with E-state index >= 15 is 0 Å². The van der Waals surface area contributed by atoms with Crippen LogP contribution in [0.15, 0.2) is 41.6 Å². The quantitative estimate of drug-likeness (QED) is 0.796. The van der Waals surface area contributed by atoms with E-state index in [0.29, 0.717) is 11.6 Å². The normalized spacial score (nSPS) is 18.9. The Morgan fingerprint density at radius 1 is 1.32 bits per heavy atom. The number of aromatic nitrogens is 2. The third-order valence-corrected chi connectivity index (χ3v) is 6.23. The van der Waals surface area contributed by atoms with Crippen LogP contribution in [-0.4, -0.2) is 41.9 Å². The third-order valence-electron chi connectivity index (χ3n) is 4.14. The standard InChI is InChI=1S/C17H20ClN3O3S/c1-2-13-10-19-17(20-11-13)24-15-6-4-8-21(12-15)25(22,23)16-7-3-5-14(18)9-16/h3,5,7,9-11,15H,2,4,6,8,12H2,1H3. The molecule has 0 amide bonds. The summed E-state index contributed by atoms with van der Waals surface area (Å²) in [6.07, 6.45) is 5.53. The highest BCUT2D eigenvalue weighted by atomic mass is 35.5. The van der Waals surface area contributed by atoms with Gasteiger partial charge in [-0.1, -0.05) is 24.6 Å². The van der Waals surface area contributed by atoms with E-state index in [9.17, 15) is 8.42 Å². The second kappa shape index (κ2) is 7.68. The van der Waals surface area contributed by atoms with Crippen LogP contribution in [0.4, 0.5) is 0 Å². The van der Waals surface area contributed by atoms with Crippen molar-refractivity contribution in [2.24, 2.45) is 0 Å². The SMILES string of the molecule is CCc1cnc(OC2CCCN(S(=O)(=O)c3cccc(Cl)c3)C2)nc1. The van der Waals surface area contributed by atoms with Crippen molar-refractivity contribution in [3.05, 3.63) is 47.2 Å². The van der Waals surface area contributed by atoms with Gasteiger partial charge in [-0.3, -0.25) is 0 Å². The van der Waals surface area contributed by atoms with Gasteiger partial charge in [-0.25, -0.2) is 18.4 Å². The van der Waals surface area contributed by atoms with E-state index in [0.717, 1.165) is 24.8 Å². The molecule has 1 saturated heterocycles. The lowest BCUT2D eigenvalue weighted by Gasteiger charge is -2.31. The van der Waals surface area contributed by atoms with Crippen LogP contribution in [0.1, 0.15) is 25.3 Å². The van der Waals surface area contributed by atoms with Gasteiger partial charge in [0.1, 0.15) is 6.10 Å². The van der Waals surface area contributed by atoms with Gasteiger partial charge < -0.3 is 4.74 Å². The minimum absolute atomic E-state index is 0.198. The summed E-state index contributed by atoms with van der Waals surface area (Å²) in [5.74, 6) is 0. The number of benzene rings is 1. The fourth-order valence-corrected chi connectivity index (χ4v) is 4.54. The maximum Gasteiger partial charge on any atom is 0.316 e. The molecule has 0 spiro atoms. The highest BCUT2D eigenvalue weighted by molar-refractivity contribution is 7.89. The predicted molar refractivity (Wildman–Crippen MR) is 95.3 cm³/mol. The van der Waals surface area contributed by atoms with Crippen LogP contribution in [0.25, 0.3) is 0 Å². The summed E-state index contributed by atoms with van der Waals surface area (Å²) in [6, 6.07) is 6.59. The number of hydrogen-bond acceptors (Lipinski definition) is 5. The maximum atomic E-state index is 12.8. The zero-order valence-electron chi connectivity index (χ0n) is 13.9. The van der Waals surface area contributed by atoms with Crippen molar-refractivity contribution >= 4 is 21.6 Å². The van der Waals surface area contributed by atoms with Crippen molar-refractivity contribution in [2.45, 2.75) is 37.2 Å². The number of rotatable bonds is 5. The Labute approximate surface area is 152 Å². The smallest absolute Gasteiger partial charge is 0.316 e. The molecule has 6 nitrogen and oxygen atoms in total. The molecule has 2 aromatic rings. The Morgan fingerprint density at radius 3 is 2.76 bits per heavy atom. The summed E-state index contributed by atoms with van der Waals surface area (Å²) in [4.78, 5) is 8.56. The molecule has 8 heteroatoms. The van der Waals surface area contributed by atoms with Gasteiger partial charge in [0.2, 0.25) is 10.0 Å². The van der Waals surface area contributed by atoms with E-state index in [2.05, 4.69) is 9.97 Å². The molecule has 1 aliphatic heterocycles. The number of nitrogens with zero attached hydrogens (tertiary/aromatic N) is 3. The predicted octanol–water partition coefficient (Wildman–Crippen LogP) is 2.92. The summed E-state index contributed by atoms with van der Waals surface area (Å²) < 4.78 is 32.8. The summed E-state index contributed by atoms with van der Waals surface area (Å²) in [7, 11) is -3.59. The molecular formula is C17H20ClN3O3S. The molecule has 0 N–H and O–H groups in total. The first-order chi connectivity index (χ1) is 12.0. The average Bonchev–Trinajstić information content (AvgIpc) is 2.62. The number of sulfonamides is 1. The summed E-state index contributed by atoms with van der Waals surface area (Å²) in [6.45, 7) is 2.76. The first-order valence-corrected chi connectivity index (χ1v) is 10.0. The maximum absolute atomic E-state index is 12.8. The van der Waals surface area contributed by atoms with Gasteiger partial charge in [0.05, 0.1) is 11.4 Å². The number of hydrogen-bond donors (Lipinski definition) is 0. The summed E-state index contributed by atoms with van der Waals surface area (Å²) in [5, 5.41) is 0.398. The average molecular weight is 382 g/mol. The largest absolute Gasteiger partial charge is 0.459 e. The van der Waals surface area contributed by atoms with Crippen LogP contribution in [-0.2, 0) is 16.4 Å². The van der Waals surface area contributed by atoms with Gasteiger partial charge in [-0.2, -0.15) is 4.31 Å². The molecule has 0 radical (unpaired) electrons. The van der Waals surface area contributed by atoms with Crippen molar-refractivity contribution < 1.29 is 13.2 Å². The van der Waals surface area contributed by atoms with Gasteiger partial charge in [0, 0.05) is 24.0 Å². The van der Waals surface area contributed by atoms with Crippen LogP contribution in [0, 0.1) is 0 Å². The zero-order chi connectivity index (χ0) is 17.9. The van der Waals surface area contributed by atoms with E-state index in [4.69, 9.17) is 16.3 Å². The minimum Gasteiger partial charge on any atom is -0.459 e. The van der Waals surface area contributed by atoms with Crippen LogP contribution in [0.2, 0.25) is 5.02 Å². The lowest BCUT2D eigenvalue weighted by molar-refractivity contribution is 0.119. The van der Waals surface area contributed by atoms with Crippen molar-refractivity contribution in [3.63, 3.8) is 0 Å². The van der Waals surface area contributed by atoms with E-state index in [-0.39, 0.29) is 23.6 Å². The van der Waals surface area contributed by atoms with E-state index in [1.807, 2.05) is 6.92 Å². The molecule has 1 aromatic carbocycles. The van der Waals surface area contributed by atoms with E-state index < -0.39 is 10.0 Å². The molecule has 1 aromatic heterocycles. The van der Waals surface area contributed by atoms with Crippen molar-refractivity contribution in [2.75, 3.05) is 13.1 Å². The van der Waals surface area contributed by atoms with Gasteiger partial charge >= 0.3 is 6.01 Å². The molecule has 134 valence electrons. The summed E-state index contributed by atoms with van der Waals surface area (Å²) >= 11 is 5.93. The Kier molecular flexibility index (Phi) is 5.56. The first-order valence-electron chi connectivity index (χ1n) is 8.22. The molecule has 3 rings (SSSR count). The number of aryl methyl sites for hydroxylation is 1. The Bertz CT molecular complexity index is 827. The molecule has 0 bridgehead atoms. The van der Waals surface area contributed by atoms with Crippen LogP contribution >= 0.6 is 11.6 Å². The van der Waals surface area contributed by atoms with Gasteiger partial charge in [0.15, 0.2) is 0 Å². The monoisotopic (exact) mass is 381 g/mol. The topological polar surface area (TPSA) is 72.4 Å². The highest BCUT2D eigenvalue weighted by Gasteiger charge is 2.31. The Morgan fingerprint density at radius 2 is 2.08 bits per heavy atom. The second-order valence-electron chi connectivity index (χ2n) is 5.93. The molecule has 2 heterocycles. The third kappa shape index (κ3) is 4.29. The summed E-state index contributed by atoms with van der Waals surface area (Å²) in [5.41, 5.74) is 1.03. The molecule has 0 aliphatic carbocycles. The van der Waals surface area contributed by atoms with Crippen LogP contribution in [0.5, 0.6) is 6.01 Å². The Balaban J connectivity index is 1.71. The highest BCUT2D eigenvalue weighted by Crippen LogP contribution is 2.24. The minimum atomic E-state index is -3.59. The van der Waals surface area contributed by atoms with Gasteiger partial charge in [-0.05, 0) is 43.0 Å². The molecule has 25 heavy (non-hydrogen) atoms. The van der Waals surface area contributed by atoms with Crippen LogP contribution < -0.4 is 4.74 Å².